The molecule has 466 valence electrons. The maximum absolute atomic E-state index is 14.8. The highest BCUT2D eigenvalue weighted by Crippen LogP contribution is 2.36. The number of nitrogens with one attached hydrogen (secondary N) is 1. The second-order valence-electron chi connectivity index (χ2n) is 18.1. The molecule has 5 aliphatic rings. The fourth-order valence-electron chi connectivity index (χ4n) is 8.54. The summed E-state index contributed by atoms with van der Waals surface area (Å²) >= 11 is 0. The third-order valence-electron chi connectivity index (χ3n) is 12.3. The molecule has 0 radical (unpaired) electrons. The van der Waals surface area contributed by atoms with Crippen LogP contribution in [-0.2, 0) is 115 Å². The molecule has 0 aromatic carbocycles. The van der Waals surface area contributed by atoms with Crippen molar-refractivity contribution in [3.05, 3.63) is 32.6 Å². The number of carbonyl (C=O) groups is 2. The smallest absolute Gasteiger partial charge is 0.330 e. The van der Waals surface area contributed by atoms with Gasteiger partial charge in [-0.25, -0.2) is 42.9 Å². The molecule has 81 heavy (non-hydrogen) atoms. The van der Waals surface area contributed by atoms with Gasteiger partial charge in [0.15, 0.2) is 37.4 Å². The van der Waals surface area contributed by atoms with Gasteiger partial charge in [0.1, 0.15) is 92.8 Å². The molecule has 5 saturated heterocycles. The Morgan fingerprint density at radius 3 is 1.83 bits per heavy atom. The van der Waals surface area contributed by atoms with Gasteiger partial charge in [0.2, 0.25) is 41.6 Å². The van der Waals surface area contributed by atoms with Crippen molar-refractivity contribution in [3.8, 4) is 0 Å². The first-order chi connectivity index (χ1) is 37.5. The number of rotatable bonds is 24. The van der Waals surface area contributed by atoms with E-state index in [1.807, 2.05) is 4.98 Å². The second-order valence-corrected chi connectivity index (χ2v) is 22.2. The summed E-state index contributed by atoms with van der Waals surface area (Å²) in [6.45, 7) is -3.97. The lowest BCUT2D eigenvalue weighted by molar-refractivity contribution is -0.384. The molecule has 0 amide bonds. The molecule has 1 unspecified atom stereocenters. The number of hydrogen-bond donors (Lipinski definition) is 8. The molecule has 39 nitrogen and oxygen atoms in total. The third kappa shape index (κ3) is 18.5. The highest BCUT2D eigenvalue weighted by molar-refractivity contribution is 7.81. The maximum atomic E-state index is 14.8. The monoisotopic (exact) mass is 1260 g/mol. The summed E-state index contributed by atoms with van der Waals surface area (Å²) in [4.78, 5) is 51.3. The molecule has 21 atom stereocenters. The van der Waals surface area contributed by atoms with E-state index in [-0.39, 0.29) is 12.0 Å². The predicted octanol–water partition coefficient (Wildman–Crippen LogP) is -9.78. The van der Waals surface area contributed by atoms with Gasteiger partial charge in [0, 0.05) is 24.6 Å². The molecule has 1 aromatic heterocycles. The zero-order valence-corrected chi connectivity index (χ0v) is 44.2. The molecule has 8 N–H and O–H groups in total. The van der Waals surface area contributed by atoms with Crippen LogP contribution in [0.4, 0.5) is 4.39 Å². The van der Waals surface area contributed by atoms with Gasteiger partial charge in [-0.2, -0.15) is 0 Å². The van der Waals surface area contributed by atoms with Crippen LogP contribution in [0.15, 0.2) is 15.8 Å². The first-order valence-corrected chi connectivity index (χ1v) is 28.5. The minimum absolute atomic E-state index is 0.103. The number of hydrogen-bond acceptors (Lipinski definition) is 37. The van der Waals surface area contributed by atoms with Crippen molar-refractivity contribution in [1.82, 2.24) is 9.55 Å². The van der Waals surface area contributed by atoms with Gasteiger partial charge in [-0.05, 0) is 6.92 Å². The molecular formula is C37H51FN2O37S4-4. The van der Waals surface area contributed by atoms with E-state index in [1.165, 1.54) is 6.92 Å². The molecule has 44 heteroatoms. The van der Waals surface area contributed by atoms with Crippen LogP contribution < -0.4 is 11.2 Å². The van der Waals surface area contributed by atoms with Crippen LogP contribution in [0.2, 0.25) is 0 Å². The van der Waals surface area contributed by atoms with Gasteiger partial charge in [0.25, 0.3) is 5.56 Å². The molecule has 0 saturated carbocycles. The minimum Gasteiger partial charge on any atom is -0.726 e. The van der Waals surface area contributed by atoms with E-state index in [0.717, 1.165) is 10.8 Å². The van der Waals surface area contributed by atoms with Crippen molar-refractivity contribution in [2.24, 2.45) is 0 Å². The molecule has 0 bridgehead atoms. The standard InChI is InChI=1S/C37H55FN2O37S4/c1-12-6-40(37(51)39-32(12)49)20-5-14(38)17(69-20)9-64-21(43)2-3-22(44)65-11-19-29(30(76-80(58,59)60)31(33(50)71-19)77-81(61,62)63)70-18-10-66-34(25(47)23(18)45)74-35-26(48)24(46)28(16(7-41)72-35)73-36-27(75-79(55,56)57)15(42)4-13(68-36)8-67-78(52,53)54/h6,13-20,23-31,33-36,41-42,45-48,50H,2-5,7-11H2,1H3,(H,39,49,51)(H,52,53,54)(H,55,56,57)(H,58,59,60)(H,61,62,63)/p-4/t13-,14-,15-,16+,17?,18+,19+,20+,23-,24+,25+,26+,27+,28+,29+,30+,31+,33+,34-,35-,36-/m0/s1. The largest absolute Gasteiger partial charge is 0.726 e. The van der Waals surface area contributed by atoms with E-state index in [0.29, 0.717) is 0 Å². The summed E-state index contributed by atoms with van der Waals surface area (Å²) in [5.74, 6) is -2.45. The van der Waals surface area contributed by atoms with E-state index in [4.69, 9.17) is 47.4 Å². The number of nitrogens with zero attached hydrogens (tertiary/aromatic N) is 1. The van der Waals surface area contributed by atoms with Gasteiger partial charge in [0.05, 0.1) is 44.9 Å². The number of ether oxygens (including phenoxy) is 10. The van der Waals surface area contributed by atoms with E-state index in [2.05, 4.69) is 16.7 Å². The number of aromatic amines is 1. The number of alkyl halides is 1. The van der Waals surface area contributed by atoms with Crippen molar-refractivity contribution in [2.75, 3.05) is 33.0 Å². The summed E-state index contributed by atoms with van der Waals surface area (Å²) in [5, 5.41) is 75.8. The van der Waals surface area contributed by atoms with Crippen molar-refractivity contribution >= 4 is 53.5 Å². The van der Waals surface area contributed by atoms with Gasteiger partial charge in [-0.1, -0.05) is 0 Å². The maximum Gasteiger partial charge on any atom is 0.330 e. The topological polar surface area (TPSA) is 589 Å². The van der Waals surface area contributed by atoms with Crippen molar-refractivity contribution < 1.29 is 166 Å². The Bertz CT molecular complexity index is 2910. The van der Waals surface area contributed by atoms with E-state index in [1.54, 1.807) is 0 Å². The molecule has 6 rings (SSSR count). The van der Waals surface area contributed by atoms with Gasteiger partial charge < -0.3 is 101 Å². The fourth-order valence-corrected chi connectivity index (χ4v) is 10.3. The Hall–Kier alpha value is -3.57. The molecule has 6 heterocycles. The number of H-pyrrole nitrogens is 1. The average molecular weight is 1260 g/mol. The molecule has 5 aliphatic heterocycles. The van der Waals surface area contributed by atoms with Crippen molar-refractivity contribution in [2.45, 2.75) is 162 Å². The Morgan fingerprint density at radius 2 is 1.23 bits per heavy atom. The summed E-state index contributed by atoms with van der Waals surface area (Å²) in [5.41, 5.74) is -1.49. The lowest BCUT2D eigenvalue weighted by Gasteiger charge is -2.48. The number of aliphatic hydroxyl groups is 7. The van der Waals surface area contributed by atoms with Crippen LogP contribution >= 0.6 is 0 Å². The van der Waals surface area contributed by atoms with Crippen LogP contribution in [0, 0.1) is 6.92 Å². The second kappa shape index (κ2) is 27.2. The van der Waals surface area contributed by atoms with Crippen LogP contribution in [-0.4, -0.2) is 265 Å². The summed E-state index contributed by atoms with van der Waals surface area (Å²) in [7, 11) is -23.1. The molecule has 1 aromatic rings. The highest BCUT2D eigenvalue weighted by atomic mass is 32.3. The van der Waals surface area contributed by atoms with Gasteiger partial charge in [-0.3, -0.25) is 40.7 Å². The Kier molecular flexibility index (Phi) is 22.4. The Balaban J connectivity index is 1.09. The summed E-state index contributed by atoms with van der Waals surface area (Å²) in [6, 6.07) is 0. The average Bonchev–Trinajstić information content (AvgIpc) is 3.80. The number of halogens is 1. The highest BCUT2D eigenvalue weighted by Gasteiger charge is 2.55. The van der Waals surface area contributed by atoms with E-state index < -0.39 is 246 Å². The fraction of sp³-hybridized carbons (Fsp3) is 0.838. The SMILES string of the molecule is Cc1cn([C@H]2C[C@H](F)C(COC(=O)CCC(=O)OC[C@H]3O[C@@H](O)[C@H](OS(=O)(=O)[O-])[C@H](OS(=O)(=O)[O-])[C@@H]3O[C@@H]3CO[C@@H](O[C@@H]4O[C@H](CO)[C@@H](O[C@@H]5O[C@H](COS(=O)(=O)[O-])C[C@H](O)[C@H]5OS(=O)(=O)[O-])[C@H](O)[C@H]4O)[C@H](O)[C@H]3O)O2)c(=O)[nH]c1=O. The van der Waals surface area contributed by atoms with Gasteiger partial charge in [-0.15, -0.1) is 0 Å². The number of carbonyl (C=O) groups excluding carboxylic acids is 2. The molecular weight excluding hydrogens is 1210 g/mol. The quantitative estimate of drug-likeness (QED) is 0.0271. The Morgan fingerprint density at radius 1 is 0.654 bits per heavy atom. The Labute approximate surface area is 454 Å². The van der Waals surface area contributed by atoms with Crippen molar-refractivity contribution in [3.63, 3.8) is 0 Å². The summed E-state index contributed by atoms with van der Waals surface area (Å²) < 4.78 is 224. The molecule has 0 aliphatic carbocycles. The number of aromatic nitrogens is 2. The van der Waals surface area contributed by atoms with Gasteiger partial charge >= 0.3 is 17.6 Å². The third-order valence-corrected chi connectivity index (χ3v) is 14.1. The molecule has 5 fully saturated rings. The van der Waals surface area contributed by atoms with Crippen LogP contribution in [0.3, 0.4) is 0 Å². The number of esters is 2. The van der Waals surface area contributed by atoms with E-state index in [9.17, 15) is 111 Å². The number of aliphatic hydroxyl groups excluding tert-OH is 7. The molecule has 0 spiro atoms. The lowest BCUT2D eigenvalue weighted by Crippen LogP contribution is -2.66. The summed E-state index contributed by atoms with van der Waals surface area (Å²) in [6.07, 6.45) is -47.4. The predicted molar refractivity (Wildman–Crippen MR) is 234 cm³/mol. The van der Waals surface area contributed by atoms with Crippen LogP contribution in [0.25, 0.3) is 0 Å². The van der Waals surface area contributed by atoms with Crippen LogP contribution in [0.1, 0.15) is 37.5 Å². The first-order valence-electron chi connectivity index (χ1n) is 23.2. The lowest BCUT2D eigenvalue weighted by atomic mass is 9.97. The normalized spacial score (nSPS) is 37.2. The first kappa shape index (κ1) is 66.6. The number of aryl methyl sites for hydroxylation is 1. The zero-order chi connectivity index (χ0) is 60.3. The van der Waals surface area contributed by atoms with Crippen molar-refractivity contribution in [1.29, 1.82) is 0 Å². The van der Waals surface area contributed by atoms with Crippen LogP contribution in [0.5, 0.6) is 0 Å². The zero-order valence-electron chi connectivity index (χ0n) is 40.9. The van der Waals surface area contributed by atoms with E-state index >= 15 is 0 Å². The minimum atomic E-state index is -6.06.